The van der Waals surface area contributed by atoms with Crippen molar-refractivity contribution in [1.29, 1.82) is 0 Å². The van der Waals surface area contributed by atoms with Gasteiger partial charge in [-0.1, -0.05) is 0 Å². The second-order valence-corrected chi connectivity index (χ2v) is 3.51. The van der Waals surface area contributed by atoms with E-state index in [0.717, 1.165) is 25.5 Å². The van der Waals surface area contributed by atoms with Crippen LogP contribution in [0.25, 0.3) is 0 Å². The summed E-state index contributed by atoms with van der Waals surface area (Å²) in [5, 5.41) is 3.09. The van der Waals surface area contributed by atoms with Gasteiger partial charge in [0, 0.05) is 6.07 Å². The van der Waals surface area contributed by atoms with E-state index in [1.165, 1.54) is 0 Å². The first-order chi connectivity index (χ1) is 7.16. The highest BCUT2D eigenvalue weighted by Crippen LogP contribution is 2.21. The van der Waals surface area contributed by atoms with Crippen LogP contribution in [0.4, 0.5) is 8.78 Å². The minimum atomic E-state index is -2.70. The maximum atomic E-state index is 12.4. The van der Waals surface area contributed by atoms with Crippen LogP contribution in [0.2, 0.25) is 0 Å². The summed E-state index contributed by atoms with van der Waals surface area (Å²) in [7, 11) is 0. The fraction of sp³-hybridized carbons (Fsp3) is 0.556. The fourth-order valence-electron chi connectivity index (χ4n) is 1.69. The number of halogens is 2. The summed E-state index contributed by atoms with van der Waals surface area (Å²) >= 11 is 0. The third-order valence-electron chi connectivity index (χ3n) is 2.39. The van der Waals surface area contributed by atoms with Gasteiger partial charge < -0.3 is 10.3 Å². The maximum Gasteiger partial charge on any atom is 0.280 e. The van der Waals surface area contributed by atoms with Crippen LogP contribution < -0.4 is 10.9 Å². The number of aromatic nitrogens is 2. The molecule has 0 bridgehead atoms. The average molecular weight is 215 g/mol. The van der Waals surface area contributed by atoms with E-state index in [9.17, 15) is 13.6 Å². The Morgan fingerprint density at radius 2 is 2.33 bits per heavy atom. The SMILES string of the molecule is O=c1cc(C(F)F)nc(C2CCCN2)[nH]1. The van der Waals surface area contributed by atoms with Gasteiger partial charge in [0.25, 0.3) is 12.0 Å². The Labute approximate surface area is 84.7 Å². The van der Waals surface area contributed by atoms with E-state index >= 15 is 0 Å². The van der Waals surface area contributed by atoms with Crippen molar-refractivity contribution in [3.05, 3.63) is 27.9 Å². The molecule has 1 aromatic rings. The number of alkyl halides is 2. The molecule has 0 saturated carbocycles. The van der Waals surface area contributed by atoms with Crippen LogP contribution in [0.15, 0.2) is 10.9 Å². The molecule has 2 rings (SSSR count). The molecule has 0 aliphatic carbocycles. The summed E-state index contributed by atoms with van der Waals surface area (Å²) in [6, 6.07) is 0.736. The van der Waals surface area contributed by atoms with Crippen molar-refractivity contribution < 1.29 is 8.78 Å². The second kappa shape index (κ2) is 4.06. The molecule has 1 aliphatic rings. The Hall–Kier alpha value is -1.30. The van der Waals surface area contributed by atoms with Crippen LogP contribution in [-0.2, 0) is 0 Å². The molecule has 6 heteroatoms. The van der Waals surface area contributed by atoms with Gasteiger partial charge in [0.2, 0.25) is 0 Å². The van der Waals surface area contributed by atoms with Gasteiger partial charge in [0.05, 0.1) is 6.04 Å². The van der Waals surface area contributed by atoms with Crippen molar-refractivity contribution in [1.82, 2.24) is 15.3 Å². The van der Waals surface area contributed by atoms with Crippen molar-refractivity contribution in [2.24, 2.45) is 0 Å². The van der Waals surface area contributed by atoms with Gasteiger partial charge in [-0.3, -0.25) is 4.79 Å². The van der Waals surface area contributed by atoms with Gasteiger partial charge in [-0.2, -0.15) is 0 Å². The van der Waals surface area contributed by atoms with E-state index in [4.69, 9.17) is 0 Å². The molecule has 0 aromatic carbocycles. The smallest absolute Gasteiger partial charge is 0.280 e. The van der Waals surface area contributed by atoms with E-state index in [1.54, 1.807) is 0 Å². The van der Waals surface area contributed by atoms with Gasteiger partial charge in [-0.25, -0.2) is 13.8 Å². The Morgan fingerprint density at radius 3 is 2.93 bits per heavy atom. The molecule has 1 aliphatic heterocycles. The van der Waals surface area contributed by atoms with Crippen LogP contribution in [0.5, 0.6) is 0 Å². The van der Waals surface area contributed by atoms with Crippen LogP contribution in [0, 0.1) is 0 Å². The van der Waals surface area contributed by atoms with E-state index in [1.807, 2.05) is 0 Å². The monoisotopic (exact) mass is 215 g/mol. The van der Waals surface area contributed by atoms with E-state index < -0.39 is 17.7 Å². The molecule has 1 unspecified atom stereocenters. The summed E-state index contributed by atoms with van der Waals surface area (Å²) in [6.07, 6.45) is -0.921. The van der Waals surface area contributed by atoms with Gasteiger partial charge >= 0.3 is 0 Å². The molecular weight excluding hydrogens is 204 g/mol. The highest BCUT2D eigenvalue weighted by atomic mass is 19.3. The predicted molar refractivity (Wildman–Crippen MR) is 49.8 cm³/mol. The number of hydrogen-bond donors (Lipinski definition) is 2. The largest absolute Gasteiger partial charge is 0.309 e. The van der Waals surface area contributed by atoms with E-state index in [-0.39, 0.29) is 6.04 Å². The first kappa shape index (κ1) is 10.2. The molecule has 1 aromatic heterocycles. The van der Waals surface area contributed by atoms with E-state index in [0.29, 0.717) is 5.82 Å². The summed E-state index contributed by atoms with van der Waals surface area (Å²) in [6.45, 7) is 0.827. The Kier molecular flexibility index (Phi) is 2.77. The second-order valence-electron chi connectivity index (χ2n) is 3.51. The average Bonchev–Trinajstić information content (AvgIpc) is 2.69. The lowest BCUT2D eigenvalue weighted by Crippen LogP contribution is -2.21. The molecule has 0 spiro atoms. The predicted octanol–water partition coefficient (Wildman–Crippen LogP) is 1.13. The molecular formula is C9H11F2N3O. The van der Waals surface area contributed by atoms with Crippen molar-refractivity contribution in [2.45, 2.75) is 25.3 Å². The van der Waals surface area contributed by atoms with E-state index in [2.05, 4.69) is 15.3 Å². The normalized spacial score (nSPS) is 21.1. The lowest BCUT2D eigenvalue weighted by molar-refractivity contribution is 0.145. The van der Waals surface area contributed by atoms with Crippen molar-refractivity contribution in [3.63, 3.8) is 0 Å². The molecule has 2 heterocycles. The third kappa shape index (κ3) is 2.20. The molecule has 1 fully saturated rings. The summed E-state index contributed by atoms with van der Waals surface area (Å²) in [5.74, 6) is 0.315. The number of aromatic amines is 1. The Balaban J connectivity index is 2.34. The van der Waals surface area contributed by atoms with Gasteiger partial charge in [0.15, 0.2) is 0 Å². The number of hydrogen-bond acceptors (Lipinski definition) is 3. The molecule has 82 valence electrons. The fourth-order valence-corrected chi connectivity index (χ4v) is 1.69. The van der Waals surface area contributed by atoms with Crippen molar-refractivity contribution in [2.75, 3.05) is 6.54 Å². The van der Waals surface area contributed by atoms with Crippen LogP contribution in [0.1, 0.15) is 36.8 Å². The lowest BCUT2D eigenvalue weighted by Gasteiger charge is -2.09. The summed E-state index contributed by atoms with van der Waals surface area (Å²) in [5.41, 5.74) is -0.980. The van der Waals surface area contributed by atoms with Crippen LogP contribution in [-0.4, -0.2) is 16.5 Å². The molecule has 15 heavy (non-hydrogen) atoms. The highest BCUT2D eigenvalue weighted by Gasteiger charge is 2.20. The maximum absolute atomic E-state index is 12.4. The zero-order chi connectivity index (χ0) is 10.8. The zero-order valence-electron chi connectivity index (χ0n) is 7.96. The van der Waals surface area contributed by atoms with Gasteiger partial charge in [0.1, 0.15) is 11.5 Å². The number of nitrogens with zero attached hydrogens (tertiary/aromatic N) is 1. The molecule has 0 amide bonds. The van der Waals surface area contributed by atoms with Gasteiger partial charge in [-0.05, 0) is 19.4 Å². The van der Waals surface area contributed by atoms with Gasteiger partial charge in [-0.15, -0.1) is 0 Å². The Morgan fingerprint density at radius 1 is 1.53 bits per heavy atom. The third-order valence-corrected chi connectivity index (χ3v) is 2.39. The topological polar surface area (TPSA) is 57.8 Å². The minimum absolute atomic E-state index is 0.101. The first-order valence-corrected chi connectivity index (χ1v) is 4.79. The molecule has 1 saturated heterocycles. The number of rotatable bonds is 2. The molecule has 4 nitrogen and oxygen atoms in total. The number of nitrogens with one attached hydrogen (secondary N) is 2. The van der Waals surface area contributed by atoms with Crippen LogP contribution >= 0.6 is 0 Å². The lowest BCUT2D eigenvalue weighted by atomic mass is 10.2. The molecule has 1 atom stereocenters. The van der Waals surface area contributed by atoms with Crippen LogP contribution in [0.3, 0.4) is 0 Å². The Bertz CT molecular complexity index is 399. The molecule has 0 radical (unpaired) electrons. The minimum Gasteiger partial charge on any atom is -0.309 e. The summed E-state index contributed by atoms with van der Waals surface area (Å²) < 4.78 is 24.8. The zero-order valence-corrected chi connectivity index (χ0v) is 7.96. The van der Waals surface area contributed by atoms with Crippen molar-refractivity contribution in [3.8, 4) is 0 Å². The number of H-pyrrole nitrogens is 1. The quantitative estimate of drug-likeness (QED) is 0.777. The van der Waals surface area contributed by atoms with Crippen molar-refractivity contribution >= 4 is 0 Å². The first-order valence-electron chi connectivity index (χ1n) is 4.79. The molecule has 2 N–H and O–H groups in total. The highest BCUT2D eigenvalue weighted by molar-refractivity contribution is 5.07. The summed E-state index contributed by atoms with van der Waals surface area (Å²) in [4.78, 5) is 17.3. The standard InChI is InChI=1S/C9H11F2N3O/c10-8(11)6-4-7(15)14-9(13-6)5-2-1-3-12-5/h4-5,8,12H,1-3H2,(H,13,14,15).